The number of rotatable bonds is 5. The number of benzene rings is 3. The van der Waals surface area contributed by atoms with Gasteiger partial charge in [0.05, 0.1) is 16.6 Å². The molecule has 0 saturated heterocycles. The molecule has 3 aromatic rings. The van der Waals surface area contributed by atoms with E-state index in [-0.39, 0.29) is 6.04 Å². The third-order valence-electron chi connectivity index (χ3n) is 5.33. The number of hydrogen-bond acceptors (Lipinski definition) is 2. The molecule has 4 rings (SSSR count). The van der Waals surface area contributed by atoms with Crippen molar-refractivity contribution in [2.45, 2.75) is 30.7 Å². The molecule has 0 saturated carbocycles. The molecule has 0 N–H and O–H groups in total. The summed E-state index contributed by atoms with van der Waals surface area (Å²) in [7, 11) is -3.74. The van der Waals surface area contributed by atoms with Crippen molar-refractivity contribution in [3.05, 3.63) is 120 Å². The molecule has 30 heavy (non-hydrogen) atoms. The van der Waals surface area contributed by atoms with Gasteiger partial charge in [0.1, 0.15) is 0 Å². The van der Waals surface area contributed by atoms with Gasteiger partial charge in [-0.15, -0.1) is 0 Å². The molecule has 1 aliphatic rings. The molecule has 3 aromatic carbocycles. The molecule has 1 unspecified atom stereocenters. The Morgan fingerprint density at radius 2 is 1.50 bits per heavy atom. The Bertz CT molecular complexity index is 1150. The summed E-state index contributed by atoms with van der Waals surface area (Å²) in [6, 6.07) is 26.7. The summed E-state index contributed by atoms with van der Waals surface area (Å²) in [6.07, 6.45) is 7.21. The molecule has 0 spiro atoms. The van der Waals surface area contributed by atoms with Crippen LogP contribution in [0.1, 0.15) is 23.1 Å². The van der Waals surface area contributed by atoms with Crippen molar-refractivity contribution in [2.24, 2.45) is 0 Å². The van der Waals surface area contributed by atoms with Crippen molar-refractivity contribution in [1.82, 2.24) is 4.31 Å². The number of sulfonamides is 1. The predicted octanol–water partition coefficient (Wildman–Crippen LogP) is 5.60. The second-order valence-corrected chi connectivity index (χ2v) is 9.35. The van der Waals surface area contributed by atoms with Crippen LogP contribution in [0, 0.1) is 6.92 Å². The van der Waals surface area contributed by atoms with E-state index in [0.29, 0.717) is 23.4 Å². The molecule has 3 nitrogen and oxygen atoms in total. The van der Waals surface area contributed by atoms with Gasteiger partial charge in [0, 0.05) is 0 Å². The van der Waals surface area contributed by atoms with Crippen molar-refractivity contribution >= 4 is 15.7 Å². The van der Waals surface area contributed by atoms with Crippen LogP contribution in [-0.2, 0) is 16.4 Å². The highest BCUT2D eigenvalue weighted by molar-refractivity contribution is 7.89. The van der Waals surface area contributed by atoms with Gasteiger partial charge in [-0.25, -0.2) is 8.42 Å². The highest BCUT2D eigenvalue weighted by Crippen LogP contribution is 2.33. The van der Waals surface area contributed by atoms with Gasteiger partial charge in [-0.3, -0.25) is 4.31 Å². The Morgan fingerprint density at radius 1 is 0.867 bits per heavy atom. The van der Waals surface area contributed by atoms with E-state index in [1.54, 1.807) is 16.4 Å². The fraction of sp³-hybridized carbons (Fsp3) is 0.154. The number of allylic oxidation sites excluding steroid dienone is 2. The summed E-state index contributed by atoms with van der Waals surface area (Å²) in [5.74, 6) is 0. The summed E-state index contributed by atoms with van der Waals surface area (Å²) in [4.78, 5) is 0.315. The topological polar surface area (TPSA) is 37.4 Å². The van der Waals surface area contributed by atoms with Gasteiger partial charge in [0.2, 0.25) is 0 Å². The van der Waals surface area contributed by atoms with Crippen molar-refractivity contribution in [3.63, 3.8) is 0 Å². The second kappa shape index (κ2) is 8.72. The van der Waals surface area contributed by atoms with Crippen LogP contribution in [0.25, 0.3) is 5.70 Å². The molecule has 0 aromatic heterocycles. The minimum absolute atomic E-state index is 0.219. The molecule has 152 valence electrons. The average molecular weight is 416 g/mol. The van der Waals surface area contributed by atoms with E-state index in [1.165, 1.54) is 0 Å². The predicted molar refractivity (Wildman–Crippen MR) is 122 cm³/mol. The first-order valence-corrected chi connectivity index (χ1v) is 11.6. The third kappa shape index (κ3) is 4.24. The van der Waals surface area contributed by atoms with Gasteiger partial charge in [-0.1, -0.05) is 90.5 Å². The monoisotopic (exact) mass is 415 g/mol. The third-order valence-corrected chi connectivity index (χ3v) is 7.21. The zero-order valence-electron chi connectivity index (χ0n) is 17.0. The Balaban J connectivity index is 1.83. The van der Waals surface area contributed by atoms with Crippen LogP contribution in [-0.4, -0.2) is 18.8 Å². The summed E-state index contributed by atoms with van der Waals surface area (Å²) >= 11 is 0. The maximum Gasteiger partial charge on any atom is 0.264 e. The maximum atomic E-state index is 13.9. The first-order chi connectivity index (χ1) is 14.6. The summed E-state index contributed by atoms with van der Waals surface area (Å²) in [5, 5.41) is 0. The molecule has 1 aliphatic heterocycles. The highest BCUT2D eigenvalue weighted by Gasteiger charge is 2.34. The van der Waals surface area contributed by atoms with Crippen LogP contribution in [0.2, 0.25) is 0 Å². The Kier molecular flexibility index (Phi) is 5.86. The van der Waals surface area contributed by atoms with Crippen LogP contribution in [0.5, 0.6) is 0 Å². The van der Waals surface area contributed by atoms with E-state index in [9.17, 15) is 8.42 Å². The molecule has 4 heteroatoms. The fourth-order valence-electron chi connectivity index (χ4n) is 3.80. The molecular formula is C26H25NO2S. The standard InChI is InChI=1S/C26H25NO2S/c1-21-16-18-25(19-17-21)30(28,29)27-24(20-22-10-4-2-5-11-22)14-8-9-15-26(27)23-12-6-3-7-13-23/h2-13,15-19,24H,14,20H2,1H3. The fourth-order valence-corrected chi connectivity index (χ4v) is 5.48. The van der Waals surface area contributed by atoms with E-state index in [1.807, 2.05) is 79.7 Å². The second-order valence-electron chi connectivity index (χ2n) is 7.54. The Morgan fingerprint density at radius 3 is 2.17 bits per heavy atom. The number of nitrogens with zero attached hydrogens (tertiary/aromatic N) is 1. The molecule has 1 atom stereocenters. The van der Waals surface area contributed by atoms with Gasteiger partial charge in [-0.2, -0.15) is 0 Å². The Hall–Kier alpha value is -3.11. The van der Waals surface area contributed by atoms with Crippen LogP contribution in [0.15, 0.2) is 108 Å². The van der Waals surface area contributed by atoms with Gasteiger partial charge in [0.25, 0.3) is 10.0 Å². The molecule has 1 heterocycles. The minimum atomic E-state index is -3.74. The van der Waals surface area contributed by atoms with Crippen LogP contribution < -0.4 is 0 Å². The molecule has 0 fully saturated rings. The lowest BCUT2D eigenvalue weighted by Crippen LogP contribution is -2.39. The molecule has 0 amide bonds. The van der Waals surface area contributed by atoms with Crippen LogP contribution in [0.4, 0.5) is 0 Å². The van der Waals surface area contributed by atoms with E-state index in [4.69, 9.17) is 0 Å². The minimum Gasteiger partial charge on any atom is -0.262 e. The van der Waals surface area contributed by atoms with Gasteiger partial charge in [-0.05, 0) is 49.1 Å². The van der Waals surface area contributed by atoms with Crippen molar-refractivity contribution in [1.29, 1.82) is 0 Å². The molecular weight excluding hydrogens is 390 g/mol. The van der Waals surface area contributed by atoms with Gasteiger partial charge < -0.3 is 0 Å². The lowest BCUT2D eigenvalue weighted by atomic mass is 10.0. The number of hydrogen-bond donors (Lipinski definition) is 0. The average Bonchev–Trinajstić information content (AvgIpc) is 2.98. The zero-order valence-corrected chi connectivity index (χ0v) is 17.8. The largest absolute Gasteiger partial charge is 0.264 e. The lowest BCUT2D eigenvalue weighted by Gasteiger charge is -2.34. The molecule has 0 radical (unpaired) electrons. The van der Waals surface area contributed by atoms with Gasteiger partial charge >= 0.3 is 0 Å². The van der Waals surface area contributed by atoms with E-state index in [0.717, 1.165) is 16.7 Å². The summed E-state index contributed by atoms with van der Waals surface area (Å²) in [6.45, 7) is 1.96. The first kappa shape index (κ1) is 20.2. The van der Waals surface area contributed by atoms with Gasteiger partial charge in [0.15, 0.2) is 0 Å². The summed E-state index contributed by atoms with van der Waals surface area (Å²) < 4.78 is 29.4. The first-order valence-electron chi connectivity index (χ1n) is 10.1. The molecule has 0 bridgehead atoms. The summed E-state index contributed by atoms with van der Waals surface area (Å²) in [5.41, 5.74) is 3.74. The Labute approximate surface area is 179 Å². The van der Waals surface area contributed by atoms with Crippen LogP contribution >= 0.6 is 0 Å². The zero-order chi connectivity index (χ0) is 21.0. The SMILES string of the molecule is Cc1ccc(S(=O)(=O)N2C(c3ccccc3)=CC=CCC2Cc2ccccc2)cc1. The number of aryl methyl sites for hydroxylation is 1. The maximum absolute atomic E-state index is 13.9. The van der Waals surface area contributed by atoms with E-state index < -0.39 is 10.0 Å². The van der Waals surface area contributed by atoms with Crippen molar-refractivity contribution in [2.75, 3.05) is 0 Å². The highest BCUT2D eigenvalue weighted by atomic mass is 32.2. The normalized spacial score (nSPS) is 16.8. The van der Waals surface area contributed by atoms with Crippen molar-refractivity contribution < 1.29 is 8.42 Å². The van der Waals surface area contributed by atoms with Crippen LogP contribution in [0.3, 0.4) is 0 Å². The van der Waals surface area contributed by atoms with Crippen molar-refractivity contribution in [3.8, 4) is 0 Å². The smallest absolute Gasteiger partial charge is 0.262 e. The molecule has 0 aliphatic carbocycles. The quantitative estimate of drug-likeness (QED) is 0.544. The van der Waals surface area contributed by atoms with E-state index >= 15 is 0 Å². The lowest BCUT2D eigenvalue weighted by molar-refractivity contribution is 0.411. The van der Waals surface area contributed by atoms with E-state index in [2.05, 4.69) is 18.2 Å².